The summed E-state index contributed by atoms with van der Waals surface area (Å²) in [5.74, 6) is 1.04. The summed E-state index contributed by atoms with van der Waals surface area (Å²) < 4.78 is 0. The Bertz CT molecular complexity index is 219. The summed E-state index contributed by atoms with van der Waals surface area (Å²) in [5, 5.41) is 3.65. The first-order valence-electron chi connectivity index (χ1n) is 7.69. The molecule has 2 aliphatic carbocycles. The van der Waals surface area contributed by atoms with Gasteiger partial charge in [-0.1, -0.05) is 27.2 Å². The van der Waals surface area contributed by atoms with E-state index in [0.29, 0.717) is 6.04 Å². The van der Waals surface area contributed by atoms with Gasteiger partial charge in [0, 0.05) is 31.2 Å². The molecule has 1 unspecified atom stereocenters. The summed E-state index contributed by atoms with van der Waals surface area (Å²) in [4.78, 5) is 2.84. The minimum absolute atomic E-state index is 0.622. The highest BCUT2D eigenvalue weighted by atomic mass is 15.2. The van der Waals surface area contributed by atoms with E-state index in [-0.39, 0.29) is 0 Å². The molecule has 0 aromatic carbocycles. The molecule has 17 heavy (non-hydrogen) atoms. The van der Waals surface area contributed by atoms with Crippen molar-refractivity contribution in [1.29, 1.82) is 0 Å². The maximum absolute atomic E-state index is 3.65. The monoisotopic (exact) mass is 238 g/mol. The topological polar surface area (TPSA) is 15.3 Å². The molecule has 0 heterocycles. The molecule has 2 saturated carbocycles. The van der Waals surface area contributed by atoms with Crippen molar-refractivity contribution in [3.8, 4) is 0 Å². The average molecular weight is 238 g/mol. The van der Waals surface area contributed by atoms with Gasteiger partial charge in [-0.3, -0.25) is 4.90 Å². The minimum Gasteiger partial charge on any atom is -0.313 e. The van der Waals surface area contributed by atoms with E-state index in [1.165, 1.54) is 51.6 Å². The lowest BCUT2D eigenvalue weighted by molar-refractivity contribution is 0.162. The van der Waals surface area contributed by atoms with Gasteiger partial charge in [0.2, 0.25) is 0 Å². The van der Waals surface area contributed by atoms with Gasteiger partial charge in [-0.05, 0) is 38.0 Å². The summed E-state index contributed by atoms with van der Waals surface area (Å²) in [6.07, 6.45) is 8.56. The highest BCUT2D eigenvalue weighted by molar-refractivity contribution is 4.92. The van der Waals surface area contributed by atoms with Crippen LogP contribution in [-0.4, -0.2) is 36.1 Å². The summed E-state index contributed by atoms with van der Waals surface area (Å²) in [6, 6.07) is 2.34. The largest absolute Gasteiger partial charge is 0.313 e. The van der Waals surface area contributed by atoms with Crippen LogP contribution in [0.15, 0.2) is 0 Å². The van der Waals surface area contributed by atoms with Crippen molar-refractivity contribution >= 4 is 0 Å². The van der Waals surface area contributed by atoms with Gasteiger partial charge in [0.15, 0.2) is 0 Å². The molecule has 0 aliphatic heterocycles. The second-order valence-electron chi connectivity index (χ2n) is 6.38. The summed E-state index contributed by atoms with van der Waals surface area (Å²) in [7, 11) is 0. The molecule has 0 amide bonds. The van der Waals surface area contributed by atoms with Gasteiger partial charge in [-0.15, -0.1) is 0 Å². The Kier molecular flexibility index (Phi) is 4.87. The van der Waals surface area contributed by atoms with Gasteiger partial charge in [0.25, 0.3) is 0 Å². The molecule has 2 heteroatoms. The smallest absolute Gasteiger partial charge is 0.0223 e. The standard InChI is InChI=1S/C15H30N2/c1-4-5-15(10-16-12(2)3)17(14-8-9-14)11-13-6-7-13/h12-16H,4-11H2,1-3H3. The normalized spacial score (nSPS) is 22.4. The Balaban J connectivity index is 1.84. The van der Waals surface area contributed by atoms with E-state index in [1.54, 1.807) is 0 Å². The summed E-state index contributed by atoms with van der Waals surface area (Å²) in [6.45, 7) is 9.41. The van der Waals surface area contributed by atoms with E-state index in [4.69, 9.17) is 0 Å². The first-order valence-corrected chi connectivity index (χ1v) is 7.69. The van der Waals surface area contributed by atoms with E-state index in [0.717, 1.165) is 18.0 Å². The molecule has 1 N–H and O–H groups in total. The van der Waals surface area contributed by atoms with E-state index in [2.05, 4.69) is 31.0 Å². The van der Waals surface area contributed by atoms with Gasteiger partial charge in [-0.2, -0.15) is 0 Å². The first kappa shape index (κ1) is 13.4. The van der Waals surface area contributed by atoms with Crippen molar-refractivity contribution < 1.29 is 0 Å². The van der Waals surface area contributed by atoms with Gasteiger partial charge in [0.05, 0.1) is 0 Å². The second kappa shape index (κ2) is 6.19. The van der Waals surface area contributed by atoms with Crippen LogP contribution in [0.1, 0.15) is 59.3 Å². The van der Waals surface area contributed by atoms with Crippen LogP contribution in [0.4, 0.5) is 0 Å². The van der Waals surface area contributed by atoms with E-state index < -0.39 is 0 Å². The van der Waals surface area contributed by atoms with Crippen LogP contribution in [-0.2, 0) is 0 Å². The molecule has 0 spiro atoms. The van der Waals surface area contributed by atoms with E-state index in [1.807, 2.05) is 0 Å². The Hall–Kier alpha value is -0.0800. The molecule has 0 radical (unpaired) electrons. The zero-order valence-electron chi connectivity index (χ0n) is 11.9. The van der Waals surface area contributed by atoms with Gasteiger partial charge >= 0.3 is 0 Å². The van der Waals surface area contributed by atoms with Crippen molar-refractivity contribution in [1.82, 2.24) is 10.2 Å². The fraction of sp³-hybridized carbons (Fsp3) is 1.00. The number of rotatable bonds is 9. The number of hydrogen-bond donors (Lipinski definition) is 1. The molecular formula is C15H30N2. The zero-order chi connectivity index (χ0) is 12.3. The Labute approximate surface area is 107 Å². The number of nitrogens with one attached hydrogen (secondary N) is 1. The third-order valence-corrected chi connectivity index (χ3v) is 4.03. The second-order valence-corrected chi connectivity index (χ2v) is 6.38. The lowest BCUT2D eigenvalue weighted by Gasteiger charge is -2.32. The SMILES string of the molecule is CCCC(CNC(C)C)N(CC1CC1)C1CC1. The van der Waals surface area contributed by atoms with Crippen LogP contribution >= 0.6 is 0 Å². The van der Waals surface area contributed by atoms with E-state index >= 15 is 0 Å². The molecule has 0 aromatic rings. The molecule has 2 fully saturated rings. The lowest BCUT2D eigenvalue weighted by atomic mass is 10.1. The van der Waals surface area contributed by atoms with Gasteiger partial charge < -0.3 is 5.32 Å². The molecule has 0 aromatic heterocycles. The predicted molar refractivity (Wildman–Crippen MR) is 74.3 cm³/mol. The van der Waals surface area contributed by atoms with Crippen LogP contribution in [0, 0.1) is 5.92 Å². The predicted octanol–water partition coefficient (Wildman–Crippen LogP) is 3.03. The molecule has 100 valence electrons. The first-order chi connectivity index (χ1) is 8.20. The number of hydrogen-bond acceptors (Lipinski definition) is 2. The molecule has 2 rings (SSSR count). The summed E-state index contributed by atoms with van der Waals surface area (Å²) >= 11 is 0. The average Bonchev–Trinajstić information content (AvgIpc) is 3.14. The van der Waals surface area contributed by atoms with Gasteiger partial charge in [0.1, 0.15) is 0 Å². The van der Waals surface area contributed by atoms with Crippen LogP contribution in [0.2, 0.25) is 0 Å². The third kappa shape index (κ3) is 4.59. The quantitative estimate of drug-likeness (QED) is 0.664. The highest BCUT2D eigenvalue weighted by Gasteiger charge is 2.36. The van der Waals surface area contributed by atoms with E-state index in [9.17, 15) is 0 Å². The van der Waals surface area contributed by atoms with Crippen molar-refractivity contribution in [3.63, 3.8) is 0 Å². The molecule has 2 nitrogen and oxygen atoms in total. The third-order valence-electron chi connectivity index (χ3n) is 4.03. The van der Waals surface area contributed by atoms with Crippen LogP contribution in [0.5, 0.6) is 0 Å². The van der Waals surface area contributed by atoms with Crippen LogP contribution in [0.3, 0.4) is 0 Å². The fourth-order valence-electron chi connectivity index (χ4n) is 2.69. The highest BCUT2D eigenvalue weighted by Crippen LogP contribution is 2.36. The van der Waals surface area contributed by atoms with Crippen molar-refractivity contribution in [3.05, 3.63) is 0 Å². The Morgan fingerprint density at radius 3 is 2.35 bits per heavy atom. The summed E-state index contributed by atoms with van der Waals surface area (Å²) in [5.41, 5.74) is 0. The fourth-order valence-corrected chi connectivity index (χ4v) is 2.69. The van der Waals surface area contributed by atoms with Crippen molar-refractivity contribution in [2.24, 2.45) is 5.92 Å². The molecule has 1 atom stereocenters. The molecule has 2 aliphatic rings. The maximum Gasteiger partial charge on any atom is 0.0223 e. The Morgan fingerprint density at radius 2 is 1.88 bits per heavy atom. The maximum atomic E-state index is 3.65. The lowest BCUT2D eigenvalue weighted by Crippen LogP contribution is -2.46. The van der Waals surface area contributed by atoms with Gasteiger partial charge in [-0.25, -0.2) is 0 Å². The number of nitrogens with zero attached hydrogens (tertiary/aromatic N) is 1. The zero-order valence-corrected chi connectivity index (χ0v) is 11.9. The van der Waals surface area contributed by atoms with Crippen LogP contribution < -0.4 is 5.32 Å². The van der Waals surface area contributed by atoms with Crippen molar-refractivity contribution in [2.75, 3.05) is 13.1 Å². The molecule has 0 bridgehead atoms. The Morgan fingerprint density at radius 1 is 1.18 bits per heavy atom. The molecule has 0 saturated heterocycles. The van der Waals surface area contributed by atoms with Crippen LogP contribution in [0.25, 0.3) is 0 Å². The molecular weight excluding hydrogens is 208 g/mol. The van der Waals surface area contributed by atoms with Crippen molar-refractivity contribution in [2.45, 2.75) is 77.4 Å². The minimum atomic E-state index is 0.622.